The predicted molar refractivity (Wildman–Crippen MR) is 54.4 cm³/mol. The molecule has 0 atom stereocenters. The zero-order valence-electron chi connectivity index (χ0n) is 8.91. The molecule has 0 aromatic heterocycles. The van der Waals surface area contributed by atoms with E-state index in [-0.39, 0.29) is 17.6 Å². The normalized spacial score (nSPS) is 24.3. The van der Waals surface area contributed by atoms with Gasteiger partial charge in [0.15, 0.2) is 0 Å². The first-order valence-corrected chi connectivity index (χ1v) is 5.65. The fourth-order valence-corrected chi connectivity index (χ4v) is 2.18. The fraction of sp³-hybridized carbons (Fsp3) is 0.818. The summed E-state index contributed by atoms with van der Waals surface area (Å²) in [5.74, 6) is 0.642. The van der Waals surface area contributed by atoms with Gasteiger partial charge in [0.25, 0.3) is 0 Å². The molecular weight excluding hydrogens is 194 g/mol. The van der Waals surface area contributed by atoms with Crippen LogP contribution in [0.25, 0.3) is 0 Å². The second kappa shape index (κ2) is 4.75. The van der Waals surface area contributed by atoms with Gasteiger partial charge in [0.2, 0.25) is 5.91 Å². The Morgan fingerprint density at radius 1 is 1.20 bits per heavy atom. The summed E-state index contributed by atoms with van der Waals surface area (Å²) >= 11 is 0. The molecule has 0 aromatic carbocycles. The topological polar surface area (TPSA) is 46.6 Å². The highest BCUT2D eigenvalue weighted by atomic mass is 16.5. The summed E-state index contributed by atoms with van der Waals surface area (Å²) in [4.78, 5) is 24.9. The molecule has 2 heterocycles. The van der Waals surface area contributed by atoms with E-state index in [2.05, 4.69) is 0 Å². The second-order valence-electron chi connectivity index (χ2n) is 4.25. The molecule has 4 heteroatoms. The SMILES string of the molecule is O=C1CCN(C(=O)C2CCOCC2)CC1. The Hall–Kier alpha value is -0.900. The van der Waals surface area contributed by atoms with Crippen LogP contribution in [0.15, 0.2) is 0 Å². The van der Waals surface area contributed by atoms with Gasteiger partial charge in [-0.1, -0.05) is 0 Å². The highest BCUT2D eigenvalue weighted by Gasteiger charge is 2.28. The highest BCUT2D eigenvalue weighted by Crippen LogP contribution is 2.19. The number of carbonyl (C=O) groups is 2. The van der Waals surface area contributed by atoms with Crippen molar-refractivity contribution in [1.29, 1.82) is 0 Å². The maximum absolute atomic E-state index is 12.0. The number of hydrogen-bond acceptors (Lipinski definition) is 3. The number of rotatable bonds is 1. The van der Waals surface area contributed by atoms with Crippen LogP contribution in [0.1, 0.15) is 25.7 Å². The minimum absolute atomic E-state index is 0.131. The van der Waals surface area contributed by atoms with Gasteiger partial charge >= 0.3 is 0 Å². The fourth-order valence-electron chi connectivity index (χ4n) is 2.18. The molecule has 15 heavy (non-hydrogen) atoms. The van der Waals surface area contributed by atoms with Crippen LogP contribution in [0.2, 0.25) is 0 Å². The van der Waals surface area contributed by atoms with Gasteiger partial charge in [-0.25, -0.2) is 0 Å². The van der Waals surface area contributed by atoms with E-state index in [1.165, 1.54) is 0 Å². The number of likely N-dealkylation sites (tertiary alicyclic amines) is 1. The number of piperidine rings is 1. The summed E-state index contributed by atoms with van der Waals surface area (Å²) in [6.45, 7) is 2.64. The third-order valence-corrected chi connectivity index (χ3v) is 3.20. The molecule has 1 amide bonds. The second-order valence-corrected chi connectivity index (χ2v) is 4.25. The van der Waals surface area contributed by atoms with Crippen molar-refractivity contribution in [3.8, 4) is 0 Å². The number of nitrogens with zero attached hydrogens (tertiary/aromatic N) is 1. The zero-order valence-corrected chi connectivity index (χ0v) is 8.91. The van der Waals surface area contributed by atoms with Crippen molar-refractivity contribution in [3.63, 3.8) is 0 Å². The molecular formula is C11H17NO3. The van der Waals surface area contributed by atoms with Crippen LogP contribution in [-0.2, 0) is 14.3 Å². The largest absolute Gasteiger partial charge is 0.381 e. The highest BCUT2D eigenvalue weighted by molar-refractivity contribution is 5.84. The lowest BCUT2D eigenvalue weighted by molar-refractivity contribution is -0.140. The molecule has 0 unspecified atom stereocenters. The van der Waals surface area contributed by atoms with Crippen molar-refractivity contribution in [2.45, 2.75) is 25.7 Å². The molecule has 2 saturated heterocycles. The summed E-state index contributed by atoms with van der Waals surface area (Å²) in [6, 6.07) is 0. The van der Waals surface area contributed by atoms with Crippen LogP contribution in [0, 0.1) is 5.92 Å². The lowest BCUT2D eigenvalue weighted by Gasteiger charge is -2.31. The number of Topliss-reactive ketones (excluding diaryl/α,β-unsaturated/α-hetero) is 1. The summed E-state index contributed by atoms with van der Waals surface area (Å²) < 4.78 is 5.23. The molecule has 0 spiro atoms. The Balaban J connectivity index is 1.86. The van der Waals surface area contributed by atoms with Crippen LogP contribution in [-0.4, -0.2) is 42.9 Å². The van der Waals surface area contributed by atoms with Crippen LogP contribution >= 0.6 is 0 Å². The van der Waals surface area contributed by atoms with Gasteiger partial charge in [0.05, 0.1) is 0 Å². The molecule has 2 rings (SSSR count). The minimum atomic E-state index is 0.131. The predicted octanol–water partition coefficient (Wildman–Crippen LogP) is 0.604. The van der Waals surface area contributed by atoms with Crippen molar-refractivity contribution < 1.29 is 14.3 Å². The lowest BCUT2D eigenvalue weighted by Crippen LogP contribution is -2.43. The molecule has 0 radical (unpaired) electrons. The lowest BCUT2D eigenvalue weighted by atomic mass is 9.97. The maximum Gasteiger partial charge on any atom is 0.225 e. The van der Waals surface area contributed by atoms with Crippen molar-refractivity contribution in [1.82, 2.24) is 4.90 Å². The Labute approximate surface area is 89.6 Å². The first-order chi connectivity index (χ1) is 7.27. The van der Waals surface area contributed by atoms with Gasteiger partial charge < -0.3 is 9.64 Å². The van der Waals surface area contributed by atoms with Crippen LogP contribution in [0.4, 0.5) is 0 Å². The Kier molecular flexibility index (Phi) is 3.36. The third-order valence-electron chi connectivity index (χ3n) is 3.20. The summed E-state index contributed by atoms with van der Waals surface area (Å²) in [5.41, 5.74) is 0. The average molecular weight is 211 g/mol. The van der Waals surface area contributed by atoms with Gasteiger partial charge in [-0.2, -0.15) is 0 Å². The van der Waals surface area contributed by atoms with Gasteiger partial charge in [0, 0.05) is 45.1 Å². The quantitative estimate of drug-likeness (QED) is 0.638. The van der Waals surface area contributed by atoms with Crippen molar-refractivity contribution >= 4 is 11.7 Å². The summed E-state index contributed by atoms with van der Waals surface area (Å²) in [7, 11) is 0. The molecule has 0 saturated carbocycles. The van der Waals surface area contributed by atoms with E-state index in [1.54, 1.807) is 0 Å². The van der Waals surface area contributed by atoms with E-state index in [9.17, 15) is 9.59 Å². The van der Waals surface area contributed by atoms with Gasteiger partial charge in [-0.15, -0.1) is 0 Å². The van der Waals surface area contributed by atoms with Crippen molar-refractivity contribution in [2.24, 2.45) is 5.92 Å². The molecule has 4 nitrogen and oxygen atoms in total. The zero-order chi connectivity index (χ0) is 10.7. The van der Waals surface area contributed by atoms with E-state index >= 15 is 0 Å². The monoisotopic (exact) mass is 211 g/mol. The number of ketones is 1. The van der Waals surface area contributed by atoms with Crippen molar-refractivity contribution in [2.75, 3.05) is 26.3 Å². The van der Waals surface area contributed by atoms with Crippen LogP contribution in [0.3, 0.4) is 0 Å². The Morgan fingerprint density at radius 2 is 1.80 bits per heavy atom. The van der Waals surface area contributed by atoms with E-state index in [4.69, 9.17) is 4.74 Å². The molecule has 2 fully saturated rings. The first kappa shape index (κ1) is 10.6. The number of carbonyl (C=O) groups excluding carboxylic acids is 2. The average Bonchev–Trinajstić information content (AvgIpc) is 2.30. The van der Waals surface area contributed by atoms with Crippen LogP contribution in [0.5, 0.6) is 0 Å². The summed E-state index contributed by atoms with van der Waals surface area (Å²) in [5, 5.41) is 0. The molecule has 84 valence electrons. The Bertz CT molecular complexity index is 249. The molecule has 0 N–H and O–H groups in total. The van der Waals surface area contributed by atoms with E-state index < -0.39 is 0 Å². The smallest absolute Gasteiger partial charge is 0.225 e. The first-order valence-electron chi connectivity index (χ1n) is 5.65. The molecule has 0 aliphatic carbocycles. The maximum atomic E-state index is 12.0. The van der Waals surface area contributed by atoms with Gasteiger partial charge in [-0.3, -0.25) is 9.59 Å². The summed E-state index contributed by atoms with van der Waals surface area (Å²) in [6.07, 6.45) is 2.75. The molecule has 0 aromatic rings. The van der Waals surface area contributed by atoms with E-state index in [0.717, 1.165) is 12.8 Å². The number of ether oxygens (including phenoxy) is 1. The number of hydrogen-bond donors (Lipinski definition) is 0. The van der Waals surface area contributed by atoms with Crippen LogP contribution < -0.4 is 0 Å². The number of amides is 1. The third kappa shape index (κ3) is 2.56. The Morgan fingerprint density at radius 3 is 2.40 bits per heavy atom. The minimum Gasteiger partial charge on any atom is -0.381 e. The molecule has 0 bridgehead atoms. The molecule has 2 aliphatic rings. The standard InChI is InChI=1S/C11H17NO3/c13-10-1-5-12(6-2-10)11(14)9-3-7-15-8-4-9/h9H,1-8H2. The van der Waals surface area contributed by atoms with Crippen molar-refractivity contribution in [3.05, 3.63) is 0 Å². The molecule has 2 aliphatic heterocycles. The van der Waals surface area contributed by atoms with Gasteiger partial charge in [-0.05, 0) is 12.8 Å². The van der Waals surface area contributed by atoms with Gasteiger partial charge in [0.1, 0.15) is 5.78 Å². The van der Waals surface area contributed by atoms with E-state index in [0.29, 0.717) is 39.1 Å². The van der Waals surface area contributed by atoms with E-state index in [1.807, 2.05) is 4.90 Å².